The Morgan fingerprint density at radius 3 is 2.65 bits per heavy atom. The van der Waals surface area contributed by atoms with Gasteiger partial charge in [0, 0.05) is 13.1 Å². The molecule has 0 N–H and O–H groups in total. The third-order valence-electron chi connectivity index (χ3n) is 3.38. The van der Waals surface area contributed by atoms with Crippen LogP contribution in [0.2, 0.25) is 4.47 Å². The molecular weight excluding hydrogens is 324 g/mol. The van der Waals surface area contributed by atoms with E-state index in [-0.39, 0.29) is 33.7 Å². The molecule has 9 heteroatoms. The van der Waals surface area contributed by atoms with Crippen LogP contribution in [-0.2, 0) is 19.6 Å². The van der Waals surface area contributed by atoms with E-state index in [0.29, 0.717) is 5.69 Å². The van der Waals surface area contributed by atoms with Crippen molar-refractivity contribution in [3.05, 3.63) is 10.2 Å². The molecule has 0 aromatic carbocycles. The maximum atomic E-state index is 12.6. The summed E-state index contributed by atoms with van der Waals surface area (Å²) in [6, 6.07) is 0. The maximum absolute atomic E-state index is 12.6. The molecule has 1 aliphatic rings. The van der Waals surface area contributed by atoms with E-state index in [1.807, 2.05) is 6.92 Å². The number of aryl methyl sites for hydroxylation is 1. The van der Waals surface area contributed by atoms with E-state index < -0.39 is 15.9 Å². The van der Waals surface area contributed by atoms with Gasteiger partial charge in [-0.25, -0.2) is 13.4 Å². The fourth-order valence-electron chi connectivity index (χ4n) is 2.28. The number of aromatic nitrogens is 1. The Hall–Kier alpha value is -0.700. The minimum atomic E-state index is -3.66. The third-order valence-corrected chi connectivity index (χ3v) is 7.07. The highest BCUT2D eigenvalue weighted by molar-refractivity contribution is 7.91. The van der Waals surface area contributed by atoms with Crippen molar-refractivity contribution in [3.8, 4) is 0 Å². The van der Waals surface area contributed by atoms with Crippen molar-refractivity contribution < 1.29 is 17.9 Å². The number of thiazole rings is 1. The molecule has 0 spiro atoms. The maximum Gasteiger partial charge on any atom is 0.310 e. The van der Waals surface area contributed by atoms with Crippen LogP contribution in [0.15, 0.2) is 4.21 Å². The van der Waals surface area contributed by atoms with Gasteiger partial charge in [0.25, 0.3) is 10.0 Å². The Labute approximate surface area is 126 Å². The quantitative estimate of drug-likeness (QED) is 0.781. The molecule has 1 aromatic rings. The van der Waals surface area contributed by atoms with E-state index in [4.69, 9.17) is 16.3 Å². The minimum Gasteiger partial charge on any atom is -0.469 e. The number of ether oxygens (including phenoxy) is 1. The van der Waals surface area contributed by atoms with Gasteiger partial charge in [0.1, 0.15) is 0 Å². The first-order valence-electron chi connectivity index (χ1n) is 5.98. The van der Waals surface area contributed by atoms with E-state index in [0.717, 1.165) is 11.3 Å². The highest BCUT2D eigenvalue weighted by atomic mass is 35.5. The van der Waals surface area contributed by atoms with Crippen LogP contribution in [0.5, 0.6) is 0 Å². The zero-order chi connectivity index (χ0) is 15.1. The van der Waals surface area contributed by atoms with E-state index in [1.165, 1.54) is 11.4 Å². The molecule has 0 bridgehead atoms. The average Bonchev–Trinajstić information content (AvgIpc) is 2.92. The van der Waals surface area contributed by atoms with E-state index in [9.17, 15) is 13.2 Å². The highest BCUT2D eigenvalue weighted by Crippen LogP contribution is 2.34. The lowest BCUT2D eigenvalue weighted by molar-refractivity contribution is -0.145. The van der Waals surface area contributed by atoms with Crippen molar-refractivity contribution >= 4 is 38.9 Å². The van der Waals surface area contributed by atoms with Gasteiger partial charge in [-0.3, -0.25) is 4.79 Å². The van der Waals surface area contributed by atoms with Gasteiger partial charge in [-0.2, -0.15) is 4.31 Å². The summed E-state index contributed by atoms with van der Waals surface area (Å²) in [6.45, 7) is 3.86. The number of carbonyl (C=O) groups excluding carboxylic acids is 1. The van der Waals surface area contributed by atoms with Gasteiger partial charge in [0.05, 0.1) is 18.7 Å². The molecular formula is C11H15ClN2O4S2. The second kappa shape index (κ2) is 5.59. The lowest BCUT2D eigenvalue weighted by Crippen LogP contribution is -2.30. The van der Waals surface area contributed by atoms with E-state index >= 15 is 0 Å². The molecule has 2 rings (SSSR count). The van der Waals surface area contributed by atoms with Crippen molar-refractivity contribution in [1.29, 1.82) is 0 Å². The van der Waals surface area contributed by atoms with Gasteiger partial charge in [-0.1, -0.05) is 29.9 Å². The number of carbonyl (C=O) groups is 1. The molecule has 6 nitrogen and oxygen atoms in total. The molecule has 2 unspecified atom stereocenters. The minimum absolute atomic E-state index is 0.0825. The summed E-state index contributed by atoms with van der Waals surface area (Å²) in [5.74, 6) is -0.895. The number of halogens is 1. The fraction of sp³-hybridized carbons (Fsp3) is 0.636. The van der Waals surface area contributed by atoms with Gasteiger partial charge in [0.2, 0.25) is 0 Å². The predicted octanol–water partition coefficient (Wildman–Crippen LogP) is 1.53. The molecule has 0 aliphatic carbocycles. The molecule has 112 valence electrons. The van der Waals surface area contributed by atoms with Crippen molar-refractivity contribution in [2.24, 2.45) is 11.8 Å². The summed E-state index contributed by atoms with van der Waals surface area (Å²) < 4.78 is 31.5. The molecule has 20 heavy (non-hydrogen) atoms. The summed E-state index contributed by atoms with van der Waals surface area (Å²) in [5, 5.41) is 0. The summed E-state index contributed by atoms with van der Waals surface area (Å²) in [7, 11) is -2.35. The van der Waals surface area contributed by atoms with Crippen molar-refractivity contribution in [2.75, 3.05) is 20.2 Å². The molecule has 1 fully saturated rings. The fourth-order valence-corrected chi connectivity index (χ4v) is 5.72. The van der Waals surface area contributed by atoms with Gasteiger partial charge >= 0.3 is 5.97 Å². The number of hydrogen-bond acceptors (Lipinski definition) is 6. The first kappa shape index (κ1) is 15.7. The number of esters is 1. The van der Waals surface area contributed by atoms with Gasteiger partial charge in [-0.15, -0.1) is 0 Å². The lowest BCUT2D eigenvalue weighted by atomic mass is 9.99. The summed E-state index contributed by atoms with van der Waals surface area (Å²) >= 11 is 6.69. The second-order valence-corrected chi connectivity index (χ2v) is 8.48. The van der Waals surface area contributed by atoms with Gasteiger partial charge in [0.15, 0.2) is 8.68 Å². The van der Waals surface area contributed by atoms with Crippen LogP contribution in [0, 0.1) is 18.8 Å². The van der Waals surface area contributed by atoms with E-state index in [2.05, 4.69) is 4.98 Å². The van der Waals surface area contributed by atoms with Crippen molar-refractivity contribution in [3.63, 3.8) is 0 Å². The van der Waals surface area contributed by atoms with E-state index in [1.54, 1.807) is 6.92 Å². The zero-order valence-electron chi connectivity index (χ0n) is 11.3. The normalized spacial score (nSPS) is 24.0. The van der Waals surface area contributed by atoms with Crippen LogP contribution in [0.3, 0.4) is 0 Å². The summed E-state index contributed by atoms with van der Waals surface area (Å²) in [4.78, 5) is 15.6. The molecule has 0 amide bonds. The largest absolute Gasteiger partial charge is 0.469 e. The monoisotopic (exact) mass is 338 g/mol. The average molecular weight is 339 g/mol. The standard InChI is InChI=1S/C11H15ClN2O4S2/c1-6-4-14(5-8(6)9(15)18-3)20(16,17)10-7(2)13-11(12)19-10/h6,8H,4-5H2,1-3H3. The van der Waals surface area contributed by atoms with Crippen LogP contribution in [0.4, 0.5) is 0 Å². The Bertz CT molecular complexity index is 628. The summed E-state index contributed by atoms with van der Waals surface area (Å²) in [5.41, 5.74) is 0.383. The molecule has 0 radical (unpaired) electrons. The number of hydrogen-bond donors (Lipinski definition) is 0. The topological polar surface area (TPSA) is 76.6 Å². The molecule has 1 saturated heterocycles. The van der Waals surface area contributed by atoms with Gasteiger partial charge in [-0.05, 0) is 12.8 Å². The van der Waals surface area contributed by atoms with Crippen molar-refractivity contribution in [1.82, 2.24) is 9.29 Å². The van der Waals surface area contributed by atoms with Crippen LogP contribution in [0.1, 0.15) is 12.6 Å². The van der Waals surface area contributed by atoms with Crippen molar-refractivity contribution in [2.45, 2.75) is 18.1 Å². The van der Waals surface area contributed by atoms with Crippen LogP contribution < -0.4 is 0 Å². The van der Waals surface area contributed by atoms with Crippen LogP contribution in [-0.4, -0.2) is 43.9 Å². The Balaban J connectivity index is 2.29. The highest BCUT2D eigenvalue weighted by Gasteiger charge is 2.42. The molecule has 2 atom stereocenters. The smallest absolute Gasteiger partial charge is 0.310 e. The van der Waals surface area contributed by atoms with Crippen LogP contribution in [0.25, 0.3) is 0 Å². The number of sulfonamides is 1. The number of rotatable bonds is 3. The first-order valence-corrected chi connectivity index (χ1v) is 8.61. The summed E-state index contributed by atoms with van der Waals surface area (Å²) in [6.07, 6.45) is 0. The first-order chi connectivity index (χ1) is 9.27. The zero-order valence-corrected chi connectivity index (χ0v) is 13.7. The lowest BCUT2D eigenvalue weighted by Gasteiger charge is -2.15. The van der Waals surface area contributed by atoms with Gasteiger partial charge < -0.3 is 4.74 Å². The Morgan fingerprint density at radius 1 is 1.50 bits per heavy atom. The number of nitrogens with zero attached hydrogens (tertiary/aromatic N) is 2. The molecule has 1 aliphatic heterocycles. The number of methoxy groups -OCH3 is 1. The second-order valence-electron chi connectivity index (χ2n) is 4.77. The Morgan fingerprint density at radius 2 is 2.15 bits per heavy atom. The Kier molecular flexibility index (Phi) is 4.38. The molecule has 0 saturated carbocycles. The SMILES string of the molecule is COC(=O)C1CN(S(=O)(=O)c2sc(Cl)nc2C)CC1C. The van der Waals surface area contributed by atoms with Crippen LogP contribution >= 0.6 is 22.9 Å². The third kappa shape index (κ3) is 2.69. The molecule has 2 heterocycles. The predicted molar refractivity (Wildman–Crippen MR) is 75.3 cm³/mol. The molecule has 1 aromatic heterocycles.